The lowest BCUT2D eigenvalue weighted by atomic mass is 9.89. The number of halogens is 3. The maximum atomic E-state index is 12.8. The number of nitrogens with zero attached hydrogens (tertiary/aromatic N) is 6. The van der Waals surface area contributed by atoms with E-state index in [1.807, 2.05) is 0 Å². The topological polar surface area (TPSA) is 50.1 Å². The Kier molecular flexibility index (Phi) is 7.07. The van der Waals surface area contributed by atoms with Crippen LogP contribution in [-0.4, -0.2) is 62.6 Å². The summed E-state index contributed by atoms with van der Waals surface area (Å²) >= 11 is 1.79. The molecule has 34 heavy (non-hydrogen) atoms. The van der Waals surface area contributed by atoms with Crippen molar-refractivity contribution < 1.29 is 13.2 Å². The molecule has 2 aromatic rings. The third-order valence-corrected chi connectivity index (χ3v) is 8.79. The highest BCUT2D eigenvalue weighted by molar-refractivity contribution is 7.99. The number of fused-ring (bicyclic) bond motifs is 1. The maximum Gasteiger partial charge on any atom is 0.433 e. The van der Waals surface area contributed by atoms with Gasteiger partial charge in [0, 0.05) is 44.4 Å². The van der Waals surface area contributed by atoms with Crippen molar-refractivity contribution in [2.75, 3.05) is 36.8 Å². The number of alkyl halides is 3. The molecule has 2 aromatic heterocycles. The van der Waals surface area contributed by atoms with Gasteiger partial charge >= 0.3 is 6.18 Å². The molecule has 1 saturated carbocycles. The van der Waals surface area contributed by atoms with Gasteiger partial charge < -0.3 is 14.4 Å². The van der Waals surface area contributed by atoms with Gasteiger partial charge in [-0.3, -0.25) is 0 Å². The monoisotopic (exact) mass is 494 g/mol. The largest absolute Gasteiger partial charge is 0.433 e. The van der Waals surface area contributed by atoms with Gasteiger partial charge in [0.05, 0.1) is 11.9 Å². The summed E-state index contributed by atoms with van der Waals surface area (Å²) in [5.41, 5.74) is -0.0275. The van der Waals surface area contributed by atoms with Crippen LogP contribution >= 0.6 is 11.8 Å². The van der Waals surface area contributed by atoms with Crippen molar-refractivity contribution in [3.63, 3.8) is 0 Å². The van der Waals surface area contributed by atoms with Crippen molar-refractivity contribution >= 4 is 17.4 Å². The highest BCUT2D eigenvalue weighted by Gasteiger charge is 2.41. The highest BCUT2D eigenvalue weighted by Crippen LogP contribution is 2.36. The van der Waals surface area contributed by atoms with Crippen LogP contribution in [0.3, 0.4) is 0 Å². The van der Waals surface area contributed by atoms with Crippen LogP contribution in [0.4, 0.5) is 18.9 Å². The Bertz CT molecular complexity index is 957. The molecule has 2 atom stereocenters. The molecule has 0 spiro atoms. The number of likely N-dealkylation sites (tertiary alicyclic amines) is 1. The van der Waals surface area contributed by atoms with Gasteiger partial charge in [-0.2, -0.15) is 13.2 Å². The van der Waals surface area contributed by atoms with Crippen molar-refractivity contribution in [3.05, 3.63) is 29.8 Å². The van der Waals surface area contributed by atoms with Crippen molar-refractivity contribution in [3.8, 4) is 0 Å². The molecule has 4 heterocycles. The molecule has 0 amide bonds. The Hall–Kier alpha value is -1.81. The minimum absolute atomic E-state index is 0.364. The van der Waals surface area contributed by atoms with E-state index in [0.717, 1.165) is 67.5 Å². The lowest BCUT2D eigenvalue weighted by Gasteiger charge is -2.27. The van der Waals surface area contributed by atoms with Gasteiger partial charge in [-0.05, 0) is 50.3 Å². The van der Waals surface area contributed by atoms with Crippen LogP contribution in [0.2, 0.25) is 0 Å². The molecular weight excluding hydrogens is 461 g/mol. The average Bonchev–Trinajstić information content (AvgIpc) is 3.51. The number of hydrogen-bond donors (Lipinski definition) is 0. The minimum Gasteiger partial charge on any atom is -0.366 e. The Morgan fingerprint density at radius 1 is 1.06 bits per heavy atom. The Morgan fingerprint density at radius 2 is 1.88 bits per heavy atom. The van der Waals surface area contributed by atoms with Gasteiger partial charge in [-0.25, -0.2) is 4.98 Å². The second-order valence-corrected chi connectivity index (χ2v) is 11.0. The lowest BCUT2D eigenvalue weighted by molar-refractivity contribution is -0.141. The summed E-state index contributed by atoms with van der Waals surface area (Å²) in [6, 6.07) is 3.03. The standard InChI is InChI=1S/C24H33F3N6S/c1-31-22(17-6-3-2-4-7-17)29-30-23(31)34-13-5-11-32-15-18-10-12-33(20(18)16-32)19-8-9-21(28-14-19)24(25,26)27/h8-9,14,17-18,20H,2-7,10-13,15-16H2,1H3. The van der Waals surface area contributed by atoms with E-state index in [9.17, 15) is 13.2 Å². The molecule has 2 saturated heterocycles. The minimum atomic E-state index is -4.39. The molecule has 3 fully saturated rings. The number of thioether (sulfide) groups is 1. The van der Waals surface area contributed by atoms with E-state index in [0.29, 0.717) is 17.9 Å². The lowest BCUT2D eigenvalue weighted by Crippen LogP contribution is -2.35. The van der Waals surface area contributed by atoms with E-state index in [1.165, 1.54) is 38.3 Å². The summed E-state index contributed by atoms with van der Waals surface area (Å²) in [6.07, 6.45) is 5.55. The summed E-state index contributed by atoms with van der Waals surface area (Å²) in [7, 11) is 2.10. The van der Waals surface area contributed by atoms with Gasteiger partial charge in [0.1, 0.15) is 11.5 Å². The molecular formula is C24H33F3N6S. The fraction of sp³-hybridized carbons (Fsp3) is 0.708. The molecule has 5 rings (SSSR count). The van der Waals surface area contributed by atoms with Crippen LogP contribution < -0.4 is 4.90 Å². The molecule has 2 aliphatic heterocycles. The molecule has 0 radical (unpaired) electrons. The first-order valence-electron chi connectivity index (χ1n) is 12.4. The Morgan fingerprint density at radius 3 is 2.62 bits per heavy atom. The first-order valence-corrected chi connectivity index (χ1v) is 13.4. The Balaban J connectivity index is 1.09. The normalized spacial score (nSPS) is 24.2. The second-order valence-electron chi connectivity index (χ2n) is 9.91. The van der Waals surface area contributed by atoms with Crippen LogP contribution in [0.15, 0.2) is 23.5 Å². The smallest absolute Gasteiger partial charge is 0.366 e. The average molecular weight is 495 g/mol. The Labute approximate surface area is 203 Å². The third-order valence-electron chi connectivity index (χ3n) is 7.68. The predicted molar refractivity (Wildman–Crippen MR) is 127 cm³/mol. The van der Waals surface area contributed by atoms with Gasteiger partial charge in [0.2, 0.25) is 0 Å². The zero-order valence-corrected chi connectivity index (χ0v) is 20.5. The molecule has 10 heteroatoms. The fourth-order valence-electron chi connectivity index (χ4n) is 5.90. The quantitative estimate of drug-likeness (QED) is 0.400. The number of hydrogen-bond acceptors (Lipinski definition) is 6. The van der Waals surface area contributed by atoms with Crippen LogP contribution in [0.25, 0.3) is 0 Å². The summed E-state index contributed by atoms with van der Waals surface area (Å²) in [6.45, 7) is 3.95. The van der Waals surface area contributed by atoms with Crippen molar-refractivity contribution in [2.45, 2.75) is 68.2 Å². The fourth-order valence-corrected chi connectivity index (χ4v) is 6.74. The van der Waals surface area contributed by atoms with E-state index in [2.05, 4.69) is 36.6 Å². The zero-order valence-electron chi connectivity index (χ0n) is 19.7. The predicted octanol–water partition coefficient (Wildman–Crippen LogP) is 4.97. The zero-order chi connectivity index (χ0) is 23.7. The van der Waals surface area contributed by atoms with E-state index in [4.69, 9.17) is 0 Å². The highest BCUT2D eigenvalue weighted by atomic mass is 32.2. The first-order chi connectivity index (χ1) is 16.4. The van der Waals surface area contributed by atoms with Gasteiger partial charge in [-0.1, -0.05) is 31.0 Å². The van der Waals surface area contributed by atoms with Crippen LogP contribution in [0, 0.1) is 5.92 Å². The van der Waals surface area contributed by atoms with Gasteiger partial charge in [-0.15, -0.1) is 10.2 Å². The van der Waals surface area contributed by atoms with E-state index >= 15 is 0 Å². The number of rotatable bonds is 7. The molecule has 1 aliphatic carbocycles. The molecule has 2 unspecified atom stereocenters. The molecule has 0 N–H and O–H groups in total. The summed E-state index contributed by atoms with van der Waals surface area (Å²) in [5.74, 6) is 3.29. The molecule has 0 aromatic carbocycles. The second kappa shape index (κ2) is 10.0. The summed E-state index contributed by atoms with van der Waals surface area (Å²) in [4.78, 5) is 8.41. The van der Waals surface area contributed by atoms with Gasteiger partial charge in [0.25, 0.3) is 0 Å². The van der Waals surface area contributed by atoms with Crippen molar-refractivity contribution in [1.29, 1.82) is 0 Å². The number of anilines is 1. The van der Waals surface area contributed by atoms with E-state index < -0.39 is 11.9 Å². The van der Waals surface area contributed by atoms with Crippen LogP contribution in [0.5, 0.6) is 0 Å². The van der Waals surface area contributed by atoms with E-state index in [1.54, 1.807) is 17.8 Å². The number of pyridine rings is 1. The molecule has 3 aliphatic rings. The maximum absolute atomic E-state index is 12.8. The summed E-state index contributed by atoms with van der Waals surface area (Å²) in [5, 5.41) is 9.96. The summed E-state index contributed by atoms with van der Waals surface area (Å²) < 4.78 is 40.7. The molecule has 0 bridgehead atoms. The number of aromatic nitrogens is 4. The first kappa shape index (κ1) is 23.9. The van der Waals surface area contributed by atoms with E-state index in [-0.39, 0.29) is 0 Å². The van der Waals surface area contributed by atoms with Crippen molar-refractivity contribution in [1.82, 2.24) is 24.6 Å². The van der Waals surface area contributed by atoms with Crippen molar-refractivity contribution in [2.24, 2.45) is 13.0 Å². The SMILES string of the molecule is Cn1c(SCCCN2CC3CCN(c4ccc(C(F)(F)F)nc4)C3C2)nnc1C1CCCCC1. The van der Waals surface area contributed by atoms with Crippen LogP contribution in [-0.2, 0) is 13.2 Å². The third kappa shape index (κ3) is 5.08. The molecule has 6 nitrogen and oxygen atoms in total. The van der Waals surface area contributed by atoms with Crippen LogP contribution in [0.1, 0.15) is 62.4 Å². The van der Waals surface area contributed by atoms with Gasteiger partial charge in [0.15, 0.2) is 5.16 Å². The molecule has 186 valence electrons.